The van der Waals surface area contributed by atoms with Crippen molar-refractivity contribution in [2.24, 2.45) is 5.73 Å². The quantitative estimate of drug-likeness (QED) is 0.805. The Labute approximate surface area is 109 Å². The first-order chi connectivity index (χ1) is 8.79. The molecule has 2 rings (SSSR count). The zero-order chi connectivity index (χ0) is 12.8. The molecule has 2 aromatic rings. The summed E-state index contributed by atoms with van der Waals surface area (Å²) >= 11 is 1.48. The maximum absolute atomic E-state index is 11.8. The first kappa shape index (κ1) is 12.3. The molecule has 5 heteroatoms. The minimum atomic E-state index is -0.173. The largest absolute Gasteiger partial charge is 0.320 e. The molecule has 0 aliphatic rings. The lowest BCUT2D eigenvalue weighted by atomic mass is 10.3. The summed E-state index contributed by atoms with van der Waals surface area (Å²) in [5, 5.41) is 6.36. The van der Waals surface area contributed by atoms with E-state index >= 15 is 0 Å². The van der Waals surface area contributed by atoms with Gasteiger partial charge in [-0.05, 0) is 29.5 Å². The standard InChI is InChI=1S/C13H11N3OS/c14-7-2-4-11-3-1-5-12(15-11)16-13(17)10-6-8-18-9-10/h1,3,5-6,8-9H,7,14H2,(H,15,16,17). The van der Waals surface area contributed by atoms with Gasteiger partial charge in [0.2, 0.25) is 0 Å². The van der Waals surface area contributed by atoms with Crippen LogP contribution in [0.2, 0.25) is 0 Å². The van der Waals surface area contributed by atoms with E-state index in [9.17, 15) is 4.79 Å². The molecule has 18 heavy (non-hydrogen) atoms. The molecule has 0 aliphatic carbocycles. The van der Waals surface area contributed by atoms with Gasteiger partial charge in [0.05, 0.1) is 12.1 Å². The van der Waals surface area contributed by atoms with E-state index in [1.165, 1.54) is 11.3 Å². The molecule has 0 atom stereocenters. The number of nitrogens with one attached hydrogen (secondary N) is 1. The Kier molecular flexibility index (Phi) is 4.07. The summed E-state index contributed by atoms with van der Waals surface area (Å²) < 4.78 is 0. The van der Waals surface area contributed by atoms with Gasteiger partial charge in [-0.3, -0.25) is 4.79 Å². The van der Waals surface area contributed by atoms with Gasteiger partial charge in [0.1, 0.15) is 11.5 Å². The molecule has 2 heterocycles. The number of amides is 1. The Bertz CT molecular complexity index is 596. The SMILES string of the molecule is NCC#Cc1cccc(NC(=O)c2ccsc2)n1. The molecule has 0 unspecified atom stereocenters. The van der Waals surface area contributed by atoms with Crippen LogP contribution in [0.1, 0.15) is 16.1 Å². The van der Waals surface area contributed by atoms with Gasteiger partial charge in [0.15, 0.2) is 0 Å². The van der Waals surface area contributed by atoms with Gasteiger partial charge < -0.3 is 11.1 Å². The van der Waals surface area contributed by atoms with Crippen molar-refractivity contribution in [1.29, 1.82) is 0 Å². The van der Waals surface area contributed by atoms with Crippen LogP contribution in [0.5, 0.6) is 0 Å². The lowest BCUT2D eigenvalue weighted by Crippen LogP contribution is -2.12. The predicted molar refractivity (Wildman–Crippen MR) is 72.4 cm³/mol. The van der Waals surface area contributed by atoms with Crippen molar-refractivity contribution in [2.75, 3.05) is 11.9 Å². The molecule has 4 nitrogen and oxygen atoms in total. The van der Waals surface area contributed by atoms with E-state index in [4.69, 9.17) is 5.73 Å². The lowest BCUT2D eigenvalue weighted by Gasteiger charge is -2.02. The second-order valence-electron chi connectivity index (χ2n) is 3.38. The zero-order valence-electron chi connectivity index (χ0n) is 9.51. The highest BCUT2D eigenvalue weighted by Crippen LogP contribution is 2.10. The molecule has 2 aromatic heterocycles. The van der Waals surface area contributed by atoms with Crippen LogP contribution in [0.4, 0.5) is 5.82 Å². The molecule has 0 spiro atoms. The molecular weight excluding hydrogens is 246 g/mol. The van der Waals surface area contributed by atoms with Crippen molar-refractivity contribution < 1.29 is 4.79 Å². The Balaban J connectivity index is 2.12. The summed E-state index contributed by atoms with van der Waals surface area (Å²) in [7, 11) is 0. The third-order valence-electron chi connectivity index (χ3n) is 2.09. The first-order valence-electron chi connectivity index (χ1n) is 5.29. The number of hydrogen-bond acceptors (Lipinski definition) is 4. The molecule has 3 N–H and O–H groups in total. The molecule has 0 saturated heterocycles. The topological polar surface area (TPSA) is 68.0 Å². The second kappa shape index (κ2) is 5.96. The number of aromatic nitrogens is 1. The van der Waals surface area contributed by atoms with Crippen LogP contribution < -0.4 is 11.1 Å². The van der Waals surface area contributed by atoms with E-state index in [0.29, 0.717) is 17.1 Å². The smallest absolute Gasteiger partial charge is 0.257 e. The number of thiophene rings is 1. The van der Waals surface area contributed by atoms with E-state index in [0.717, 1.165) is 0 Å². The minimum Gasteiger partial charge on any atom is -0.320 e. The van der Waals surface area contributed by atoms with E-state index in [-0.39, 0.29) is 12.5 Å². The van der Waals surface area contributed by atoms with Gasteiger partial charge in [0, 0.05) is 5.38 Å². The Morgan fingerprint density at radius 2 is 2.33 bits per heavy atom. The van der Waals surface area contributed by atoms with Crippen molar-refractivity contribution in [2.45, 2.75) is 0 Å². The van der Waals surface area contributed by atoms with Crippen molar-refractivity contribution in [3.8, 4) is 11.8 Å². The molecule has 0 radical (unpaired) electrons. The van der Waals surface area contributed by atoms with Crippen LogP contribution in [0, 0.1) is 11.8 Å². The Hall–Kier alpha value is -2.16. The average molecular weight is 257 g/mol. The number of nitrogens with two attached hydrogens (primary N) is 1. The van der Waals surface area contributed by atoms with Gasteiger partial charge in [-0.15, -0.1) is 0 Å². The van der Waals surface area contributed by atoms with Gasteiger partial charge >= 0.3 is 0 Å². The van der Waals surface area contributed by atoms with Crippen LogP contribution in [-0.2, 0) is 0 Å². The van der Waals surface area contributed by atoms with E-state index < -0.39 is 0 Å². The molecule has 0 fully saturated rings. The average Bonchev–Trinajstić information content (AvgIpc) is 2.91. The highest BCUT2D eigenvalue weighted by atomic mass is 32.1. The molecule has 90 valence electrons. The van der Waals surface area contributed by atoms with Crippen LogP contribution in [0.25, 0.3) is 0 Å². The second-order valence-corrected chi connectivity index (χ2v) is 4.16. The van der Waals surface area contributed by atoms with Crippen LogP contribution in [0.15, 0.2) is 35.0 Å². The summed E-state index contributed by atoms with van der Waals surface area (Å²) in [4.78, 5) is 16.0. The van der Waals surface area contributed by atoms with Crippen molar-refractivity contribution in [1.82, 2.24) is 4.98 Å². The lowest BCUT2D eigenvalue weighted by molar-refractivity contribution is 0.102. The van der Waals surface area contributed by atoms with Crippen molar-refractivity contribution in [3.05, 3.63) is 46.3 Å². The molecule has 0 saturated carbocycles. The third-order valence-corrected chi connectivity index (χ3v) is 2.78. The van der Waals surface area contributed by atoms with E-state index in [1.54, 1.807) is 29.6 Å². The summed E-state index contributed by atoms with van der Waals surface area (Å²) in [6.07, 6.45) is 0. The monoisotopic (exact) mass is 257 g/mol. The predicted octanol–water partition coefficient (Wildman–Crippen LogP) is 1.71. The van der Waals surface area contributed by atoms with Crippen molar-refractivity contribution in [3.63, 3.8) is 0 Å². The number of hydrogen-bond donors (Lipinski definition) is 2. The van der Waals surface area contributed by atoms with Gasteiger partial charge in [-0.2, -0.15) is 11.3 Å². The van der Waals surface area contributed by atoms with E-state index in [2.05, 4.69) is 22.1 Å². The van der Waals surface area contributed by atoms with Crippen LogP contribution in [-0.4, -0.2) is 17.4 Å². The number of anilines is 1. The van der Waals surface area contributed by atoms with Gasteiger partial charge in [-0.25, -0.2) is 4.98 Å². The molecular formula is C13H11N3OS. The summed E-state index contributed by atoms with van der Waals surface area (Å²) in [6, 6.07) is 7.04. The number of nitrogens with zero attached hydrogens (tertiary/aromatic N) is 1. The van der Waals surface area contributed by atoms with Gasteiger partial charge in [0.25, 0.3) is 5.91 Å². The maximum atomic E-state index is 11.8. The molecule has 0 aliphatic heterocycles. The number of pyridine rings is 1. The maximum Gasteiger partial charge on any atom is 0.257 e. The first-order valence-corrected chi connectivity index (χ1v) is 6.23. The highest BCUT2D eigenvalue weighted by molar-refractivity contribution is 7.08. The normalized spacial score (nSPS) is 9.39. The number of rotatable bonds is 2. The number of carbonyl (C=O) groups excluding carboxylic acids is 1. The Morgan fingerprint density at radius 1 is 1.44 bits per heavy atom. The fourth-order valence-corrected chi connectivity index (χ4v) is 1.93. The van der Waals surface area contributed by atoms with Crippen LogP contribution >= 0.6 is 11.3 Å². The summed E-state index contributed by atoms with van der Waals surface area (Å²) in [6.45, 7) is 0.285. The summed E-state index contributed by atoms with van der Waals surface area (Å²) in [5.41, 5.74) is 6.50. The van der Waals surface area contributed by atoms with E-state index in [1.807, 2.05) is 5.38 Å². The highest BCUT2D eigenvalue weighted by Gasteiger charge is 2.06. The van der Waals surface area contributed by atoms with Crippen molar-refractivity contribution >= 4 is 23.1 Å². The summed E-state index contributed by atoms with van der Waals surface area (Å²) in [5.74, 6) is 5.84. The van der Waals surface area contributed by atoms with Crippen LogP contribution in [0.3, 0.4) is 0 Å². The molecule has 0 bridgehead atoms. The fraction of sp³-hybridized carbons (Fsp3) is 0.0769. The number of carbonyl (C=O) groups is 1. The van der Waals surface area contributed by atoms with Gasteiger partial charge in [-0.1, -0.05) is 12.0 Å². The third kappa shape index (κ3) is 3.17. The molecule has 0 aromatic carbocycles. The zero-order valence-corrected chi connectivity index (χ0v) is 10.3. The minimum absolute atomic E-state index is 0.173. The molecule has 1 amide bonds. The fourth-order valence-electron chi connectivity index (χ4n) is 1.30. The Morgan fingerprint density at radius 3 is 3.06 bits per heavy atom.